The van der Waals surface area contributed by atoms with E-state index < -0.39 is 29.3 Å². The third-order valence-electron chi connectivity index (χ3n) is 5.25. The minimum Gasteiger partial charge on any atom is -0.373 e. The van der Waals surface area contributed by atoms with Crippen LogP contribution in [0.25, 0.3) is 10.8 Å². The number of para-hydroxylation sites is 1. The van der Waals surface area contributed by atoms with E-state index in [1.54, 1.807) is 14.0 Å². The SMILES string of the molecule is CC(c1n[nH]c(=O)c2cc(F)c(F)cc12)N(C)C(=O)[C@H]1Cc2ccccc2N1. The van der Waals surface area contributed by atoms with E-state index in [4.69, 9.17) is 0 Å². The first-order valence-corrected chi connectivity index (χ1v) is 8.85. The summed E-state index contributed by atoms with van der Waals surface area (Å²) in [5.41, 5.74) is 1.66. The lowest BCUT2D eigenvalue weighted by Crippen LogP contribution is -2.41. The fourth-order valence-electron chi connectivity index (χ4n) is 3.56. The summed E-state index contributed by atoms with van der Waals surface area (Å²) in [6, 6.07) is 8.50. The predicted octanol–water partition coefficient (Wildman–Crippen LogP) is 2.76. The van der Waals surface area contributed by atoms with Gasteiger partial charge in [-0.3, -0.25) is 9.59 Å². The number of hydrogen-bond donors (Lipinski definition) is 2. The van der Waals surface area contributed by atoms with Gasteiger partial charge < -0.3 is 10.2 Å². The topological polar surface area (TPSA) is 78.1 Å². The molecule has 0 saturated heterocycles. The van der Waals surface area contributed by atoms with Gasteiger partial charge in [0.15, 0.2) is 11.6 Å². The first kappa shape index (κ1) is 18.1. The first-order valence-electron chi connectivity index (χ1n) is 8.85. The number of nitrogens with zero attached hydrogens (tertiary/aromatic N) is 2. The Morgan fingerprint density at radius 3 is 2.61 bits per heavy atom. The third-order valence-corrected chi connectivity index (χ3v) is 5.25. The first-order chi connectivity index (χ1) is 13.4. The number of carbonyl (C=O) groups excluding carboxylic acids is 1. The van der Waals surface area contributed by atoms with Gasteiger partial charge in [0.1, 0.15) is 6.04 Å². The molecule has 2 heterocycles. The average molecular weight is 384 g/mol. The maximum absolute atomic E-state index is 13.8. The number of amides is 1. The van der Waals surface area contributed by atoms with Crippen molar-refractivity contribution < 1.29 is 13.6 Å². The van der Waals surface area contributed by atoms with Gasteiger partial charge in [0, 0.05) is 24.5 Å². The van der Waals surface area contributed by atoms with Crippen LogP contribution in [0.1, 0.15) is 24.2 Å². The molecule has 1 aliphatic rings. The van der Waals surface area contributed by atoms with Crippen molar-refractivity contribution >= 4 is 22.4 Å². The van der Waals surface area contributed by atoms with E-state index in [-0.39, 0.29) is 16.7 Å². The Morgan fingerprint density at radius 1 is 1.21 bits per heavy atom. The average Bonchev–Trinajstić information content (AvgIpc) is 3.12. The van der Waals surface area contributed by atoms with Crippen LogP contribution >= 0.6 is 0 Å². The van der Waals surface area contributed by atoms with Crippen LogP contribution in [0.3, 0.4) is 0 Å². The van der Waals surface area contributed by atoms with Gasteiger partial charge in [-0.1, -0.05) is 18.2 Å². The Kier molecular flexibility index (Phi) is 4.33. The lowest BCUT2D eigenvalue weighted by molar-refractivity contribution is -0.132. The number of nitrogens with one attached hydrogen (secondary N) is 2. The number of fused-ring (bicyclic) bond motifs is 2. The second-order valence-corrected chi connectivity index (χ2v) is 6.93. The largest absolute Gasteiger partial charge is 0.373 e. The van der Waals surface area contributed by atoms with Gasteiger partial charge in [-0.15, -0.1) is 0 Å². The molecule has 0 aliphatic carbocycles. The molecule has 1 amide bonds. The van der Waals surface area contributed by atoms with Gasteiger partial charge in [0.2, 0.25) is 5.91 Å². The lowest BCUT2D eigenvalue weighted by Gasteiger charge is -2.28. The lowest BCUT2D eigenvalue weighted by atomic mass is 10.0. The Bertz CT molecular complexity index is 1120. The zero-order valence-electron chi connectivity index (χ0n) is 15.3. The van der Waals surface area contributed by atoms with Gasteiger partial charge in [-0.25, -0.2) is 13.9 Å². The number of rotatable bonds is 3. The maximum atomic E-state index is 13.8. The molecule has 0 spiro atoms. The molecule has 2 aromatic carbocycles. The number of aromatic amines is 1. The molecule has 1 aromatic heterocycles. The van der Waals surface area contributed by atoms with Crippen LogP contribution in [0.2, 0.25) is 0 Å². The summed E-state index contributed by atoms with van der Waals surface area (Å²) >= 11 is 0. The number of H-pyrrole nitrogens is 1. The second-order valence-electron chi connectivity index (χ2n) is 6.93. The Balaban J connectivity index is 1.65. The van der Waals surface area contributed by atoms with E-state index in [9.17, 15) is 18.4 Å². The number of carbonyl (C=O) groups is 1. The molecule has 2 N–H and O–H groups in total. The number of aromatic nitrogens is 2. The van der Waals surface area contributed by atoms with Crippen LogP contribution in [0.4, 0.5) is 14.5 Å². The van der Waals surface area contributed by atoms with Crippen LogP contribution in [0.15, 0.2) is 41.2 Å². The van der Waals surface area contributed by atoms with Crippen LogP contribution in [0.5, 0.6) is 0 Å². The van der Waals surface area contributed by atoms with E-state index in [2.05, 4.69) is 15.5 Å². The third kappa shape index (κ3) is 2.90. The zero-order valence-corrected chi connectivity index (χ0v) is 15.3. The van der Waals surface area contributed by atoms with E-state index in [0.29, 0.717) is 12.1 Å². The minimum absolute atomic E-state index is 0.0111. The van der Waals surface area contributed by atoms with Gasteiger partial charge >= 0.3 is 0 Å². The highest BCUT2D eigenvalue weighted by Gasteiger charge is 2.31. The van der Waals surface area contributed by atoms with Crippen molar-refractivity contribution in [1.29, 1.82) is 0 Å². The number of hydrogen-bond acceptors (Lipinski definition) is 4. The van der Waals surface area contributed by atoms with Crippen LogP contribution in [0, 0.1) is 11.6 Å². The molecular formula is C20H18F2N4O2. The molecule has 0 bridgehead atoms. The Labute approximate surface area is 159 Å². The van der Waals surface area contributed by atoms with Crippen LogP contribution < -0.4 is 10.9 Å². The summed E-state index contributed by atoms with van der Waals surface area (Å²) in [4.78, 5) is 26.4. The number of benzene rings is 2. The molecule has 3 aromatic rings. The monoisotopic (exact) mass is 384 g/mol. The molecular weight excluding hydrogens is 366 g/mol. The summed E-state index contributed by atoms with van der Waals surface area (Å²) < 4.78 is 27.3. The molecule has 0 fully saturated rings. The summed E-state index contributed by atoms with van der Waals surface area (Å²) in [6.45, 7) is 1.72. The molecule has 28 heavy (non-hydrogen) atoms. The van der Waals surface area contributed by atoms with Crippen molar-refractivity contribution in [1.82, 2.24) is 15.1 Å². The molecule has 1 aliphatic heterocycles. The normalized spacial score (nSPS) is 16.5. The smallest absolute Gasteiger partial charge is 0.272 e. The van der Waals surface area contributed by atoms with Crippen molar-refractivity contribution in [2.24, 2.45) is 0 Å². The molecule has 8 heteroatoms. The molecule has 0 radical (unpaired) electrons. The fraction of sp³-hybridized carbons (Fsp3) is 0.250. The van der Waals surface area contributed by atoms with Gasteiger partial charge in [0.25, 0.3) is 5.56 Å². The standard InChI is InChI=1S/C20H18F2N4O2/c1-10(18-12-8-14(21)15(22)9-13(12)19(27)25-24-18)26(2)20(28)17-7-11-5-3-4-6-16(11)23-17/h3-6,8-10,17,23H,7H2,1-2H3,(H,25,27)/t10?,17-/m1/s1. The van der Waals surface area contributed by atoms with Crippen LogP contribution in [-0.2, 0) is 11.2 Å². The second kappa shape index (κ2) is 6.70. The van der Waals surface area contributed by atoms with Crippen molar-refractivity contribution in [3.63, 3.8) is 0 Å². The zero-order chi connectivity index (χ0) is 20.0. The van der Waals surface area contributed by atoms with E-state index in [0.717, 1.165) is 23.4 Å². The Morgan fingerprint density at radius 2 is 1.89 bits per heavy atom. The number of likely N-dealkylation sites (N-methyl/N-ethyl adjacent to an activating group) is 1. The summed E-state index contributed by atoms with van der Waals surface area (Å²) in [6.07, 6.45) is 0.561. The fourth-order valence-corrected chi connectivity index (χ4v) is 3.56. The molecule has 4 rings (SSSR count). The van der Waals surface area contributed by atoms with Crippen molar-refractivity contribution in [2.75, 3.05) is 12.4 Å². The molecule has 1 unspecified atom stereocenters. The van der Waals surface area contributed by atoms with Crippen LogP contribution in [-0.4, -0.2) is 34.1 Å². The van der Waals surface area contributed by atoms with Gasteiger partial charge in [-0.2, -0.15) is 5.10 Å². The van der Waals surface area contributed by atoms with E-state index in [1.807, 2.05) is 24.3 Å². The predicted molar refractivity (Wildman–Crippen MR) is 101 cm³/mol. The minimum atomic E-state index is -1.11. The van der Waals surface area contributed by atoms with Gasteiger partial charge in [0.05, 0.1) is 17.1 Å². The van der Waals surface area contributed by atoms with Crippen molar-refractivity contribution in [2.45, 2.75) is 25.4 Å². The highest BCUT2D eigenvalue weighted by Crippen LogP contribution is 2.29. The maximum Gasteiger partial charge on any atom is 0.272 e. The number of anilines is 1. The van der Waals surface area contributed by atoms with Crippen molar-refractivity contribution in [3.8, 4) is 0 Å². The van der Waals surface area contributed by atoms with Crippen molar-refractivity contribution in [3.05, 3.63) is 69.6 Å². The van der Waals surface area contributed by atoms with E-state index >= 15 is 0 Å². The highest BCUT2D eigenvalue weighted by molar-refractivity contribution is 5.89. The molecule has 0 saturated carbocycles. The molecule has 2 atom stereocenters. The van der Waals surface area contributed by atoms with Gasteiger partial charge in [-0.05, 0) is 30.7 Å². The number of halogens is 2. The summed E-state index contributed by atoms with van der Waals surface area (Å²) in [5.74, 6) is -2.34. The highest BCUT2D eigenvalue weighted by atomic mass is 19.2. The summed E-state index contributed by atoms with van der Waals surface area (Å²) in [7, 11) is 1.62. The molecule has 6 nitrogen and oxygen atoms in total. The quantitative estimate of drug-likeness (QED) is 0.728. The van der Waals surface area contributed by atoms with E-state index in [1.165, 1.54) is 4.90 Å². The molecule has 144 valence electrons. The Hall–Kier alpha value is -3.29. The summed E-state index contributed by atoms with van der Waals surface area (Å²) in [5, 5.41) is 9.68.